The van der Waals surface area contributed by atoms with Crippen LogP contribution in [-0.4, -0.2) is 17.9 Å². The van der Waals surface area contributed by atoms with Gasteiger partial charge in [-0.3, -0.25) is 4.79 Å². The normalized spacial score (nSPS) is 23.8. The summed E-state index contributed by atoms with van der Waals surface area (Å²) in [5.74, 6) is 0.387. The maximum Gasteiger partial charge on any atom is 0.152 e. The van der Waals surface area contributed by atoms with Crippen LogP contribution in [0.5, 0.6) is 0 Å². The van der Waals surface area contributed by atoms with Crippen molar-refractivity contribution in [2.75, 3.05) is 6.54 Å². The smallest absolute Gasteiger partial charge is 0.152 e. The first kappa shape index (κ1) is 13.3. The molecule has 1 atom stereocenters. The van der Waals surface area contributed by atoms with Crippen LogP contribution in [0.15, 0.2) is 30.3 Å². The Morgan fingerprint density at radius 2 is 2.06 bits per heavy atom. The lowest BCUT2D eigenvalue weighted by molar-refractivity contribution is -0.125. The Morgan fingerprint density at radius 3 is 2.72 bits per heavy atom. The summed E-state index contributed by atoms with van der Waals surface area (Å²) in [7, 11) is 0. The van der Waals surface area contributed by atoms with E-state index in [9.17, 15) is 4.79 Å². The van der Waals surface area contributed by atoms with E-state index in [2.05, 4.69) is 36.5 Å². The van der Waals surface area contributed by atoms with Crippen molar-refractivity contribution < 1.29 is 4.79 Å². The van der Waals surface area contributed by atoms with Crippen LogP contribution in [0.1, 0.15) is 44.6 Å². The highest BCUT2D eigenvalue weighted by molar-refractivity contribution is 5.88. The molecule has 1 aliphatic heterocycles. The third-order valence-corrected chi connectivity index (χ3v) is 3.95. The Labute approximate surface area is 110 Å². The van der Waals surface area contributed by atoms with E-state index in [0.29, 0.717) is 12.2 Å². The highest BCUT2D eigenvalue weighted by Crippen LogP contribution is 2.22. The zero-order chi connectivity index (χ0) is 12.8. The summed E-state index contributed by atoms with van der Waals surface area (Å²) in [5, 5.41) is 3.39. The molecule has 1 aromatic rings. The van der Waals surface area contributed by atoms with Gasteiger partial charge in [-0.25, -0.2) is 0 Å². The van der Waals surface area contributed by atoms with Crippen molar-refractivity contribution in [2.24, 2.45) is 0 Å². The number of aryl methyl sites for hydroxylation is 1. The van der Waals surface area contributed by atoms with E-state index in [-0.39, 0.29) is 5.54 Å². The molecule has 18 heavy (non-hydrogen) atoms. The second kappa shape index (κ2) is 6.14. The van der Waals surface area contributed by atoms with Crippen molar-refractivity contribution >= 4 is 5.78 Å². The number of nitrogens with one attached hydrogen (secondary N) is 1. The number of ketones is 1. The van der Waals surface area contributed by atoms with Gasteiger partial charge in [0.25, 0.3) is 0 Å². The Hall–Kier alpha value is -1.15. The second-order valence-corrected chi connectivity index (χ2v) is 5.48. The van der Waals surface area contributed by atoms with Gasteiger partial charge in [0.2, 0.25) is 0 Å². The van der Waals surface area contributed by atoms with Gasteiger partial charge < -0.3 is 5.32 Å². The molecule has 0 aromatic heterocycles. The molecule has 0 bridgehead atoms. The number of benzene rings is 1. The summed E-state index contributed by atoms with van der Waals surface area (Å²) in [4.78, 5) is 12.2. The molecular weight excluding hydrogens is 222 g/mol. The number of carbonyl (C=O) groups excluding carboxylic acids is 1. The van der Waals surface area contributed by atoms with Gasteiger partial charge in [0.05, 0.1) is 5.54 Å². The lowest BCUT2D eigenvalue weighted by Gasteiger charge is -2.33. The van der Waals surface area contributed by atoms with Gasteiger partial charge in [-0.1, -0.05) is 30.3 Å². The number of carbonyl (C=O) groups is 1. The fourth-order valence-electron chi connectivity index (χ4n) is 2.67. The Morgan fingerprint density at radius 1 is 1.28 bits per heavy atom. The van der Waals surface area contributed by atoms with Crippen molar-refractivity contribution in [1.29, 1.82) is 0 Å². The van der Waals surface area contributed by atoms with Gasteiger partial charge in [0, 0.05) is 6.42 Å². The maximum atomic E-state index is 12.2. The summed E-state index contributed by atoms with van der Waals surface area (Å²) in [5.41, 5.74) is 1.07. The standard InChI is InChI=1S/C16H23NO/c1-16(12-5-6-13-17-16)15(18)11-7-10-14-8-3-2-4-9-14/h2-4,8-9,17H,5-7,10-13H2,1H3. The molecule has 1 heterocycles. The molecule has 0 aliphatic carbocycles. The summed E-state index contributed by atoms with van der Waals surface area (Å²) >= 11 is 0. The molecule has 2 rings (SSSR count). The van der Waals surface area contributed by atoms with Gasteiger partial charge in [0.15, 0.2) is 5.78 Å². The largest absolute Gasteiger partial charge is 0.305 e. The quantitative estimate of drug-likeness (QED) is 0.863. The molecule has 1 aliphatic rings. The number of piperidine rings is 1. The Kier molecular flexibility index (Phi) is 4.54. The lowest BCUT2D eigenvalue weighted by Crippen LogP contribution is -2.52. The number of Topliss-reactive ketones (excluding diaryl/α,β-unsaturated/α-hetero) is 1. The van der Waals surface area contributed by atoms with Crippen LogP contribution in [0, 0.1) is 0 Å². The minimum absolute atomic E-state index is 0.255. The SMILES string of the molecule is CC1(C(=O)CCCc2ccccc2)CCCCN1. The zero-order valence-corrected chi connectivity index (χ0v) is 11.2. The summed E-state index contributed by atoms with van der Waals surface area (Å²) in [6.07, 6.45) is 6.03. The van der Waals surface area contributed by atoms with Crippen molar-refractivity contribution in [3.8, 4) is 0 Å². The Balaban J connectivity index is 1.78. The van der Waals surface area contributed by atoms with Crippen LogP contribution in [0.25, 0.3) is 0 Å². The zero-order valence-electron chi connectivity index (χ0n) is 11.2. The van der Waals surface area contributed by atoms with E-state index < -0.39 is 0 Å². The van der Waals surface area contributed by atoms with Gasteiger partial charge in [0.1, 0.15) is 0 Å². The number of hydrogen-bond donors (Lipinski definition) is 1. The van der Waals surface area contributed by atoms with Crippen molar-refractivity contribution in [3.63, 3.8) is 0 Å². The first-order valence-corrected chi connectivity index (χ1v) is 7.03. The van der Waals surface area contributed by atoms with Crippen LogP contribution < -0.4 is 5.32 Å². The van der Waals surface area contributed by atoms with E-state index in [0.717, 1.165) is 25.8 Å². The number of hydrogen-bond acceptors (Lipinski definition) is 2. The van der Waals surface area contributed by atoms with Crippen molar-refractivity contribution in [1.82, 2.24) is 5.32 Å². The molecule has 0 spiro atoms. The fraction of sp³-hybridized carbons (Fsp3) is 0.562. The molecule has 0 radical (unpaired) electrons. The minimum atomic E-state index is -0.255. The van der Waals surface area contributed by atoms with E-state index >= 15 is 0 Å². The van der Waals surface area contributed by atoms with Gasteiger partial charge in [-0.15, -0.1) is 0 Å². The van der Waals surface area contributed by atoms with E-state index in [1.54, 1.807) is 0 Å². The van der Waals surface area contributed by atoms with Gasteiger partial charge in [-0.05, 0) is 51.1 Å². The first-order chi connectivity index (χ1) is 8.71. The molecule has 1 N–H and O–H groups in total. The monoisotopic (exact) mass is 245 g/mol. The predicted molar refractivity (Wildman–Crippen MR) is 74.6 cm³/mol. The molecule has 0 saturated carbocycles. The molecule has 1 unspecified atom stereocenters. The van der Waals surface area contributed by atoms with Crippen LogP contribution >= 0.6 is 0 Å². The fourth-order valence-corrected chi connectivity index (χ4v) is 2.67. The summed E-state index contributed by atoms with van der Waals surface area (Å²) in [6.45, 7) is 3.05. The highest BCUT2D eigenvalue weighted by Gasteiger charge is 2.32. The molecule has 1 aromatic carbocycles. The predicted octanol–water partition coefficient (Wildman–Crippen LogP) is 3.11. The summed E-state index contributed by atoms with van der Waals surface area (Å²) in [6, 6.07) is 10.4. The first-order valence-electron chi connectivity index (χ1n) is 7.03. The van der Waals surface area contributed by atoms with Gasteiger partial charge in [-0.2, -0.15) is 0 Å². The summed E-state index contributed by atoms with van der Waals surface area (Å²) < 4.78 is 0. The molecule has 2 nitrogen and oxygen atoms in total. The molecule has 0 amide bonds. The molecule has 1 saturated heterocycles. The maximum absolute atomic E-state index is 12.2. The topological polar surface area (TPSA) is 29.1 Å². The van der Waals surface area contributed by atoms with Gasteiger partial charge >= 0.3 is 0 Å². The van der Waals surface area contributed by atoms with E-state index in [4.69, 9.17) is 0 Å². The lowest BCUT2D eigenvalue weighted by atomic mass is 9.84. The van der Waals surface area contributed by atoms with Crippen LogP contribution in [-0.2, 0) is 11.2 Å². The third-order valence-electron chi connectivity index (χ3n) is 3.95. The Bertz CT molecular complexity index is 379. The van der Waals surface area contributed by atoms with Crippen LogP contribution in [0.3, 0.4) is 0 Å². The second-order valence-electron chi connectivity index (χ2n) is 5.48. The van der Waals surface area contributed by atoms with Crippen LogP contribution in [0.2, 0.25) is 0 Å². The van der Waals surface area contributed by atoms with Crippen molar-refractivity contribution in [3.05, 3.63) is 35.9 Å². The molecular formula is C16H23NO. The molecule has 98 valence electrons. The molecule has 1 fully saturated rings. The highest BCUT2D eigenvalue weighted by atomic mass is 16.1. The minimum Gasteiger partial charge on any atom is -0.305 e. The van der Waals surface area contributed by atoms with Crippen LogP contribution in [0.4, 0.5) is 0 Å². The number of rotatable bonds is 5. The van der Waals surface area contributed by atoms with E-state index in [1.807, 2.05) is 6.07 Å². The van der Waals surface area contributed by atoms with E-state index in [1.165, 1.54) is 18.4 Å². The van der Waals surface area contributed by atoms with Crippen molar-refractivity contribution in [2.45, 2.75) is 51.0 Å². The average Bonchev–Trinajstić information content (AvgIpc) is 2.41. The third kappa shape index (κ3) is 3.42. The molecule has 2 heteroatoms. The average molecular weight is 245 g/mol.